The third-order valence-corrected chi connectivity index (χ3v) is 7.66. The number of aliphatic hydroxyl groups is 1. The van der Waals surface area contributed by atoms with Gasteiger partial charge in [-0.15, -0.1) is 6.58 Å². The smallest absolute Gasteiger partial charge is 0.131 e. The normalized spacial score (nSPS) is 29.1. The van der Waals surface area contributed by atoms with Gasteiger partial charge in [0.25, 0.3) is 0 Å². The summed E-state index contributed by atoms with van der Waals surface area (Å²) < 4.78 is 0.952. The van der Waals surface area contributed by atoms with Gasteiger partial charge in [-0.05, 0) is 30.5 Å². The first-order valence-electron chi connectivity index (χ1n) is 11.2. The van der Waals surface area contributed by atoms with Gasteiger partial charge in [-0.2, -0.15) is 0 Å². The minimum Gasteiger partial charge on any atom is -0.382 e. The molecule has 1 N–H and O–H groups in total. The fourth-order valence-corrected chi connectivity index (χ4v) is 6.02. The first-order chi connectivity index (χ1) is 14.6. The Morgan fingerprint density at radius 1 is 1.17 bits per heavy atom. The Morgan fingerprint density at radius 2 is 1.97 bits per heavy atom. The topological polar surface area (TPSA) is 33.1 Å². The zero-order valence-electron chi connectivity index (χ0n) is 17.7. The van der Waals surface area contributed by atoms with E-state index in [0.29, 0.717) is 11.8 Å². The Balaban J connectivity index is 1.55. The van der Waals surface area contributed by atoms with Gasteiger partial charge in [-0.1, -0.05) is 54.1 Å². The molecule has 0 spiro atoms. The lowest BCUT2D eigenvalue weighted by atomic mass is 9.71. The van der Waals surface area contributed by atoms with Crippen molar-refractivity contribution in [1.29, 1.82) is 0 Å². The highest BCUT2D eigenvalue weighted by molar-refractivity contribution is 5.82. The van der Waals surface area contributed by atoms with E-state index >= 15 is 0 Å². The highest BCUT2D eigenvalue weighted by Gasteiger charge is 2.53. The van der Waals surface area contributed by atoms with Gasteiger partial charge in [0.05, 0.1) is 18.6 Å². The van der Waals surface area contributed by atoms with E-state index in [2.05, 4.69) is 54.9 Å². The summed E-state index contributed by atoms with van der Waals surface area (Å²) in [6.45, 7) is 9.46. The first-order valence-corrected chi connectivity index (χ1v) is 11.2. The largest absolute Gasteiger partial charge is 0.382 e. The number of hydrogen-bond acceptors (Lipinski definition) is 2. The number of para-hydroxylation sites is 1. The second-order valence-corrected chi connectivity index (χ2v) is 9.38. The van der Waals surface area contributed by atoms with E-state index in [1.54, 1.807) is 0 Å². The quantitative estimate of drug-likeness (QED) is 0.473. The molecule has 0 amide bonds. The van der Waals surface area contributed by atoms with Crippen LogP contribution in [0.2, 0.25) is 0 Å². The van der Waals surface area contributed by atoms with Crippen molar-refractivity contribution in [3.63, 3.8) is 0 Å². The molecule has 4 unspecified atom stereocenters. The monoisotopic (exact) mass is 399 g/mol. The van der Waals surface area contributed by atoms with Crippen molar-refractivity contribution < 1.29 is 9.59 Å². The lowest BCUT2D eigenvalue weighted by molar-refractivity contribution is -0.984. The van der Waals surface area contributed by atoms with Crippen LogP contribution >= 0.6 is 0 Å². The van der Waals surface area contributed by atoms with Gasteiger partial charge in [0.15, 0.2) is 0 Å². The molecule has 3 aliphatic heterocycles. The van der Waals surface area contributed by atoms with Crippen molar-refractivity contribution in [2.45, 2.75) is 38.5 Å². The number of piperidine rings is 3. The molecular formula is C27H31N2O+. The van der Waals surface area contributed by atoms with Gasteiger partial charge in [-0.25, -0.2) is 0 Å². The summed E-state index contributed by atoms with van der Waals surface area (Å²) in [6.07, 6.45) is 5.80. The van der Waals surface area contributed by atoms with E-state index in [4.69, 9.17) is 0 Å². The molecule has 3 aromatic rings. The standard InChI is InChI=1S/C27H31N2O/c1-3-21-18-29(17-20-10-8-19(2)9-11-20)15-13-22(21)16-26(29)27(30)24-12-14-28-25-7-5-4-6-23(24)25/h3-12,14,21-22,26-27,30H,1,13,15-18H2,2H3/q+1/t21?,22?,26?,27-,29?/m1/s1. The molecule has 30 heavy (non-hydrogen) atoms. The highest BCUT2D eigenvalue weighted by Crippen LogP contribution is 2.48. The van der Waals surface area contributed by atoms with Gasteiger partial charge in [0.2, 0.25) is 0 Å². The fraction of sp³-hybridized carbons (Fsp3) is 0.370. The maximum absolute atomic E-state index is 11.7. The number of aryl methyl sites for hydroxylation is 1. The van der Waals surface area contributed by atoms with Gasteiger partial charge in [0, 0.05) is 35.9 Å². The molecule has 0 radical (unpaired) electrons. The molecule has 154 valence electrons. The Hall–Kier alpha value is -2.49. The summed E-state index contributed by atoms with van der Waals surface area (Å²) in [4.78, 5) is 4.51. The van der Waals surface area contributed by atoms with Crippen LogP contribution < -0.4 is 0 Å². The molecule has 1 aromatic heterocycles. The predicted octanol–water partition coefficient (Wildman–Crippen LogP) is 5.19. The van der Waals surface area contributed by atoms with E-state index in [1.807, 2.05) is 30.5 Å². The van der Waals surface area contributed by atoms with Crippen LogP contribution in [0.5, 0.6) is 0 Å². The number of aromatic nitrogens is 1. The van der Waals surface area contributed by atoms with Crippen molar-refractivity contribution >= 4 is 10.9 Å². The van der Waals surface area contributed by atoms with Gasteiger partial charge in [-0.3, -0.25) is 4.98 Å². The second kappa shape index (κ2) is 7.64. The summed E-state index contributed by atoms with van der Waals surface area (Å²) in [5, 5.41) is 12.8. The van der Waals surface area contributed by atoms with Crippen LogP contribution in [0.15, 0.2) is 73.4 Å². The summed E-state index contributed by atoms with van der Waals surface area (Å²) in [5.74, 6) is 1.18. The summed E-state index contributed by atoms with van der Waals surface area (Å²) in [6, 6.07) is 19.3. The van der Waals surface area contributed by atoms with Crippen molar-refractivity contribution in [3.8, 4) is 0 Å². The Labute approximate surface area is 179 Å². The molecule has 3 saturated heterocycles. The number of fused-ring (bicyclic) bond motifs is 4. The summed E-state index contributed by atoms with van der Waals surface area (Å²) in [5.41, 5.74) is 4.63. The zero-order valence-corrected chi connectivity index (χ0v) is 17.7. The van der Waals surface area contributed by atoms with E-state index in [-0.39, 0.29) is 6.04 Å². The number of hydrogen-bond donors (Lipinski definition) is 1. The van der Waals surface area contributed by atoms with Gasteiger partial charge >= 0.3 is 0 Å². The molecule has 2 aromatic carbocycles. The molecule has 3 nitrogen and oxygen atoms in total. The Kier molecular flexibility index (Phi) is 4.96. The van der Waals surface area contributed by atoms with Crippen molar-refractivity contribution in [1.82, 2.24) is 4.98 Å². The van der Waals surface area contributed by atoms with Crippen molar-refractivity contribution in [2.75, 3.05) is 13.1 Å². The van der Waals surface area contributed by atoms with Crippen LogP contribution in [0.4, 0.5) is 0 Å². The minimum atomic E-state index is -0.489. The number of quaternary nitrogens is 1. The lowest BCUT2D eigenvalue weighted by Crippen LogP contribution is -2.67. The first kappa shape index (κ1) is 19.5. The molecule has 2 bridgehead atoms. The van der Waals surface area contributed by atoms with E-state index in [9.17, 15) is 5.11 Å². The molecular weight excluding hydrogens is 368 g/mol. The number of aliphatic hydroxyl groups excluding tert-OH is 1. The van der Waals surface area contributed by atoms with Crippen LogP contribution in [0.3, 0.4) is 0 Å². The van der Waals surface area contributed by atoms with Crippen LogP contribution in [0.25, 0.3) is 10.9 Å². The summed E-state index contributed by atoms with van der Waals surface area (Å²) in [7, 11) is 0. The average molecular weight is 400 g/mol. The SMILES string of the molecule is C=CC1C[N+]2(Cc3ccc(C)cc3)CCC1CC2[C@H](O)c1ccnc2ccccc12. The van der Waals surface area contributed by atoms with Crippen molar-refractivity contribution in [3.05, 3.63) is 90.1 Å². The van der Waals surface area contributed by atoms with Crippen LogP contribution in [0.1, 0.15) is 35.6 Å². The molecule has 0 aliphatic carbocycles. The molecule has 3 aliphatic rings. The van der Waals surface area contributed by atoms with Gasteiger partial charge in [0.1, 0.15) is 18.7 Å². The van der Waals surface area contributed by atoms with Crippen molar-refractivity contribution in [2.24, 2.45) is 11.8 Å². The minimum absolute atomic E-state index is 0.201. The Morgan fingerprint density at radius 3 is 2.77 bits per heavy atom. The number of nitrogens with zero attached hydrogens (tertiary/aromatic N) is 2. The maximum atomic E-state index is 11.7. The maximum Gasteiger partial charge on any atom is 0.131 e. The summed E-state index contributed by atoms with van der Waals surface area (Å²) >= 11 is 0. The van der Waals surface area contributed by atoms with Crippen LogP contribution in [-0.4, -0.2) is 33.7 Å². The molecule has 6 rings (SSSR count). The number of rotatable bonds is 5. The average Bonchev–Trinajstić information content (AvgIpc) is 2.79. The predicted molar refractivity (Wildman–Crippen MR) is 122 cm³/mol. The van der Waals surface area contributed by atoms with Crippen LogP contribution in [0, 0.1) is 18.8 Å². The lowest BCUT2D eigenvalue weighted by Gasteiger charge is -2.58. The molecule has 0 saturated carbocycles. The van der Waals surface area contributed by atoms with E-state index in [0.717, 1.165) is 47.0 Å². The van der Waals surface area contributed by atoms with E-state index < -0.39 is 6.10 Å². The number of pyridine rings is 1. The Bertz CT molecular complexity index is 1050. The molecule has 5 atom stereocenters. The second-order valence-electron chi connectivity index (χ2n) is 9.38. The third-order valence-electron chi connectivity index (χ3n) is 7.66. The zero-order chi connectivity index (χ0) is 20.7. The third kappa shape index (κ3) is 3.27. The number of benzene rings is 2. The van der Waals surface area contributed by atoms with E-state index in [1.165, 1.54) is 17.5 Å². The molecule has 4 heterocycles. The fourth-order valence-electron chi connectivity index (χ4n) is 6.02. The highest BCUT2D eigenvalue weighted by atomic mass is 16.3. The van der Waals surface area contributed by atoms with Gasteiger partial charge < -0.3 is 9.59 Å². The molecule has 3 heteroatoms. The van der Waals surface area contributed by atoms with Crippen LogP contribution in [-0.2, 0) is 6.54 Å². The molecule has 3 fully saturated rings.